The van der Waals surface area contributed by atoms with Gasteiger partial charge in [0.25, 0.3) is 0 Å². The first-order valence-corrected chi connectivity index (χ1v) is 5.81. The minimum Gasteiger partial charge on any atom is -0.465 e. The Labute approximate surface area is 111 Å². The maximum absolute atomic E-state index is 11.6. The van der Waals surface area contributed by atoms with Crippen LogP contribution in [0.1, 0.15) is 24.2 Å². The van der Waals surface area contributed by atoms with Crippen LogP contribution in [-0.2, 0) is 9.53 Å². The van der Waals surface area contributed by atoms with Crippen molar-refractivity contribution in [2.24, 2.45) is 0 Å². The molecule has 1 aromatic rings. The summed E-state index contributed by atoms with van der Waals surface area (Å²) in [5, 5.41) is 5.55. The lowest BCUT2D eigenvalue weighted by Crippen LogP contribution is -2.35. The number of carbonyl (C=O) groups excluding carboxylic acids is 2. The van der Waals surface area contributed by atoms with Crippen LogP contribution in [0.4, 0.5) is 11.5 Å². The molecule has 0 aliphatic carbocycles. The zero-order valence-corrected chi connectivity index (χ0v) is 11.2. The monoisotopic (exact) mass is 266 g/mol. The quantitative estimate of drug-likeness (QED) is 0.665. The van der Waals surface area contributed by atoms with Crippen molar-refractivity contribution in [1.29, 1.82) is 0 Å². The van der Waals surface area contributed by atoms with E-state index in [0.29, 0.717) is 5.69 Å². The summed E-state index contributed by atoms with van der Waals surface area (Å²) in [6.07, 6.45) is 1.39. The van der Waals surface area contributed by atoms with E-state index in [1.165, 1.54) is 19.4 Å². The average Bonchev–Trinajstić information content (AvgIpc) is 2.35. The van der Waals surface area contributed by atoms with E-state index < -0.39 is 5.97 Å². The molecule has 19 heavy (non-hydrogen) atoms. The number of carbonyl (C=O) groups is 2. The number of amides is 1. The standard InChI is InChI=1S/C12H18N4O3/c1-7(2)16-11(17)6-14-9-5-15-10(13)4-8(9)12(18)19-3/h4-5,7,14H,6H2,1-3H3,(H2,13,15)(H,16,17). The second-order valence-corrected chi connectivity index (χ2v) is 4.22. The Kier molecular flexibility index (Phi) is 5.11. The van der Waals surface area contributed by atoms with Crippen molar-refractivity contribution in [3.8, 4) is 0 Å². The fraction of sp³-hybridized carbons (Fsp3) is 0.417. The zero-order valence-electron chi connectivity index (χ0n) is 11.2. The Morgan fingerprint density at radius 1 is 1.47 bits per heavy atom. The predicted octanol–water partition coefficient (Wildman–Crippen LogP) is 0.387. The first kappa shape index (κ1) is 14.7. The molecule has 1 aromatic heterocycles. The van der Waals surface area contributed by atoms with Crippen molar-refractivity contribution >= 4 is 23.4 Å². The molecule has 1 heterocycles. The molecule has 0 spiro atoms. The Bertz CT molecular complexity index is 474. The normalized spacial score (nSPS) is 10.1. The number of aromatic nitrogens is 1. The number of nitrogens with two attached hydrogens (primary N) is 1. The second-order valence-electron chi connectivity index (χ2n) is 4.22. The molecule has 0 aliphatic heterocycles. The Hall–Kier alpha value is -2.31. The van der Waals surface area contributed by atoms with Crippen LogP contribution in [-0.4, -0.2) is 36.6 Å². The fourth-order valence-corrected chi connectivity index (χ4v) is 1.44. The minimum absolute atomic E-state index is 0.0355. The van der Waals surface area contributed by atoms with Gasteiger partial charge in [0.1, 0.15) is 5.82 Å². The topological polar surface area (TPSA) is 106 Å². The number of hydrogen-bond acceptors (Lipinski definition) is 6. The van der Waals surface area contributed by atoms with Crippen LogP contribution in [0.5, 0.6) is 0 Å². The lowest BCUT2D eigenvalue weighted by Gasteiger charge is -2.12. The van der Waals surface area contributed by atoms with Gasteiger partial charge >= 0.3 is 5.97 Å². The summed E-state index contributed by atoms with van der Waals surface area (Å²) in [4.78, 5) is 26.9. The molecule has 0 aliphatic rings. The SMILES string of the molecule is COC(=O)c1cc(N)ncc1NCC(=O)NC(C)C. The largest absolute Gasteiger partial charge is 0.465 e. The Balaban J connectivity index is 2.78. The molecule has 0 radical (unpaired) electrons. The number of ether oxygens (including phenoxy) is 1. The van der Waals surface area contributed by atoms with Gasteiger partial charge in [-0.3, -0.25) is 4.79 Å². The van der Waals surface area contributed by atoms with Gasteiger partial charge < -0.3 is 21.1 Å². The molecular formula is C12H18N4O3. The second kappa shape index (κ2) is 6.58. The highest BCUT2D eigenvalue weighted by atomic mass is 16.5. The minimum atomic E-state index is -0.541. The van der Waals surface area contributed by atoms with E-state index in [-0.39, 0.29) is 29.9 Å². The Morgan fingerprint density at radius 2 is 2.16 bits per heavy atom. The van der Waals surface area contributed by atoms with Gasteiger partial charge in [0.15, 0.2) is 0 Å². The first-order valence-electron chi connectivity index (χ1n) is 5.81. The molecule has 0 unspecified atom stereocenters. The number of esters is 1. The van der Waals surface area contributed by atoms with Crippen molar-refractivity contribution in [2.75, 3.05) is 24.7 Å². The highest BCUT2D eigenvalue weighted by Crippen LogP contribution is 2.17. The third-order valence-corrected chi connectivity index (χ3v) is 2.22. The van der Waals surface area contributed by atoms with E-state index in [1.54, 1.807) is 0 Å². The third kappa shape index (κ3) is 4.46. The predicted molar refractivity (Wildman–Crippen MR) is 71.8 cm³/mol. The van der Waals surface area contributed by atoms with Crippen LogP contribution in [0.2, 0.25) is 0 Å². The lowest BCUT2D eigenvalue weighted by atomic mass is 10.2. The summed E-state index contributed by atoms with van der Waals surface area (Å²) in [6, 6.07) is 1.45. The number of methoxy groups -OCH3 is 1. The van der Waals surface area contributed by atoms with E-state index in [9.17, 15) is 9.59 Å². The number of pyridine rings is 1. The van der Waals surface area contributed by atoms with E-state index in [1.807, 2.05) is 13.8 Å². The lowest BCUT2D eigenvalue weighted by molar-refractivity contribution is -0.119. The molecule has 0 fully saturated rings. The molecule has 0 aromatic carbocycles. The number of hydrogen-bond donors (Lipinski definition) is 3. The van der Waals surface area contributed by atoms with Crippen LogP contribution >= 0.6 is 0 Å². The molecule has 0 atom stereocenters. The Morgan fingerprint density at radius 3 is 2.74 bits per heavy atom. The number of rotatable bonds is 5. The highest BCUT2D eigenvalue weighted by Gasteiger charge is 2.14. The molecule has 0 bridgehead atoms. The first-order chi connectivity index (χ1) is 8.93. The number of nitrogens with zero attached hydrogens (tertiary/aromatic N) is 1. The van der Waals surface area contributed by atoms with E-state index in [4.69, 9.17) is 5.73 Å². The fourth-order valence-electron chi connectivity index (χ4n) is 1.44. The summed E-state index contributed by atoms with van der Waals surface area (Å²) < 4.78 is 4.64. The molecule has 0 saturated carbocycles. The van der Waals surface area contributed by atoms with Crippen LogP contribution in [0.15, 0.2) is 12.3 Å². The van der Waals surface area contributed by atoms with Gasteiger partial charge in [0.2, 0.25) is 5.91 Å². The van der Waals surface area contributed by atoms with Gasteiger partial charge in [-0.25, -0.2) is 9.78 Å². The maximum atomic E-state index is 11.6. The summed E-state index contributed by atoms with van der Waals surface area (Å²) >= 11 is 0. The average molecular weight is 266 g/mol. The summed E-state index contributed by atoms with van der Waals surface area (Å²) in [5.74, 6) is -0.513. The van der Waals surface area contributed by atoms with Gasteiger partial charge in [-0.1, -0.05) is 0 Å². The van der Waals surface area contributed by atoms with Crippen LogP contribution in [0.3, 0.4) is 0 Å². The highest BCUT2D eigenvalue weighted by molar-refractivity contribution is 5.96. The van der Waals surface area contributed by atoms with Gasteiger partial charge in [-0.15, -0.1) is 0 Å². The smallest absolute Gasteiger partial charge is 0.340 e. The van der Waals surface area contributed by atoms with E-state index in [0.717, 1.165) is 0 Å². The van der Waals surface area contributed by atoms with Crippen molar-refractivity contribution < 1.29 is 14.3 Å². The van der Waals surface area contributed by atoms with Gasteiger partial charge in [0.05, 0.1) is 31.1 Å². The number of anilines is 2. The molecule has 4 N–H and O–H groups in total. The van der Waals surface area contributed by atoms with Crippen LogP contribution < -0.4 is 16.4 Å². The van der Waals surface area contributed by atoms with Gasteiger partial charge in [0, 0.05) is 6.04 Å². The molecule has 104 valence electrons. The van der Waals surface area contributed by atoms with Crippen molar-refractivity contribution in [3.63, 3.8) is 0 Å². The molecular weight excluding hydrogens is 248 g/mol. The molecule has 7 nitrogen and oxygen atoms in total. The van der Waals surface area contributed by atoms with Crippen molar-refractivity contribution in [3.05, 3.63) is 17.8 Å². The summed E-state index contributed by atoms with van der Waals surface area (Å²) in [5.41, 5.74) is 6.16. The molecule has 7 heteroatoms. The van der Waals surface area contributed by atoms with Gasteiger partial charge in [-0.2, -0.15) is 0 Å². The van der Waals surface area contributed by atoms with E-state index in [2.05, 4.69) is 20.4 Å². The van der Waals surface area contributed by atoms with Crippen molar-refractivity contribution in [1.82, 2.24) is 10.3 Å². The maximum Gasteiger partial charge on any atom is 0.340 e. The number of nitrogen functional groups attached to an aromatic ring is 1. The van der Waals surface area contributed by atoms with Crippen LogP contribution in [0.25, 0.3) is 0 Å². The number of nitrogens with one attached hydrogen (secondary N) is 2. The molecule has 0 saturated heterocycles. The zero-order chi connectivity index (χ0) is 14.4. The summed E-state index contributed by atoms with van der Waals surface area (Å²) in [7, 11) is 1.27. The van der Waals surface area contributed by atoms with Crippen LogP contribution in [0, 0.1) is 0 Å². The molecule has 1 amide bonds. The van der Waals surface area contributed by atoms with Crippen molar-refractivity contribution in [2.45, 2.75) is 19.9 Å². The molecule has 1 rings (SSSR count). The summed E-state index contributed by atoms with van der Waals surface area (Å²) in [6.45, 7) is 3.76. The van der Waals surface area contributed by atoms with Gasteiger partial charge in [-0.05, 0) is 19.9 Å². The van der Waals surface area contributed by atoms with E-state index >= 15 is 0 Å². The third-order valence-electron chi connectivity index (χ3n) is 2.22.